The number of ether oxygens (including phenoxy) is 1. The Bertz CT molecular complexity index is 838. The van der Waals surface area contributed by atoms with Gasteiger partial charge in [-0.2, -0.15) is 0 Å². The maximum atomic E-state index is 12.6. The Labute approximate surface area is 157 Å². The smallest absolute Gasteiger partial charge is 0.229 e. The molecule has 136 valence electrons. The number of amides is 2. The van der Waals surface area contributed by atoms with Crippen LogP contribution in [-0.2, 0) is 9.59 Å². The van der Waals surface area contributed by atoms with Gasteiger partial charge in [-0.1, -0.05) is 29.8 Å². The highest BCUT2D eigenvalue weighted by molar-refractivity contribution is 6.31. The molecule has 0 aliphatic carbocycles. The number of benzene rings is 2. The number of nitrogens with one attached hydrogen (secondary N) is 1. The summed E-state index contributed by atoms with van der Waals surface area (Å²) in [4.78, 5) is 26.8. The van der Waals surface area contributed by atoms with Crippen LogP contribution in [0.5, 0.6) is 5.75 Å². The van der Waals surface area contributed by atoms with E-state index in [1.807, 2.05) is 44.2 Å². The highest BCUT2D eigenvalue weighted by Crippen LogP contribution is 2.33. The van der Waals surface area contributed by atoms with Gasteiger partial charge < -0.3 is 15.0 Å². The fourth-order valence-electron chi connectivity index (χ4n) is 3.04. The van der Waals surface area contributed by atoms with Gasteiger partial charge in [0.25, 0.3) is 0 Å². The zero-order valence-electron chi connectivity index (χ0n) is 14.8. The van der Waals surface area contributed by atoms with E-state index in [4.69, 9.17) is 16.3 Å². The Morgan fingerprint density at radius 1 is 1.31 bits per heavy atom. The summed E-state index contributed by atoms with van der Waals surface area (Å²) in [5, 5.41) is 3.45. The monoisotopic (exact) mass is 372 g/mol. The Hall–Kier alpha value is -2.53. The van der Waals surface area contributed by atoms with Crippen LogP contribution in [-0.4, -0.2) is 25.0 Å². The van der Waals surface area contributed by atoms with Gasteiger partial charge in [-0.05, 0) is 43.7 Å². The van der Waals surface area contributed by atoms with Crippen molar-refractivity contribution in [2.75, 3.05) is 23.4 Å². The molecule has 5 nitrogen and oxygen atoms in total. The Balaban J connectivity index is 1.75. The topological polar surface area (TPSA) is 58.6 Å². The molecule has 0 unspecified atom stereocenters. The summed E-state index contributed by atoms with van der Waals surface area (Å²) in [5.74, 6) is -0.0362. The maximum Gasteiger partial charge on any atom is 0.229 e. The molecular weight excluding hydrogens is 352 g/mol. The maximum absolute atomic E-state index is 12.6. The standard InChI is InChI=1S/C20H21ClN2O3/c1-3-26-18-7-5-4-6-17(18)23-12-14(10-19(23)24)20(25)22-16-11-15(21)9-8-13(16)2/h4-9,11,14H,3,10,12H2,1-2H3,(H,22,25)/t14-/m0/s1. The molecule has 0 bridgehead atoms. The van der Waals surface area contributed by atoms with E-state index >= 15 is 0 Å². The molecule has 1 aliphatic rings. The summed E-state index contributed by atoms with van der Waals surface area (Å²) in [7, 11) is 0. The van der Waals surface area contributed by atoms with Crippen molar-refractivity contribution in [3.8, 4) is 5.75 Å². The SMILES string of the molecule is CCOc1ccccc1N1C[C@@H](C(=O)Nc2cc(Cl)ccc2C)CC1=O. The summed E-state index contributed by atoms with van der Waals surface area (Å²) in [6.45, 7) is 4.63. The second-order valence-corrected chi connectivity index (χ2v) is 6.69. The van der Waals surface area contributed by atoms with Crippen LogP contribution in [0.4, 0.5) is 11.4 Å². The number of carbonyl (C=O) groups excluding carboxylic acids is 2. The molecule has 2 amide bonds. The molecule has 26 heavy (non-hydrogen) atoms. The number of carbonyl (C=O) groups is 2. The Morgan fingerprint density at radius 3 is 2.85 bits per heavy atom. The molecule has 2 aromatic rings. The van der Waals surface area contributed by atoms with Crippen LogP contribution in [0.3, 0.4) is 0 Å². The lowest BCUT2D eigenvalue weighted by Crippen LogP contribution is -2.28. The third kappa shape index (κ3) is 3.83. The van der Waals surface area contributed by atoms with Gasteiger partial charge in [0.1, 0.15) is 5.75 Å². The molecule has 1 aliphatic heterocycles. The zero-order chi connectivity index (χ0) is 18.7. The van der Waals surface area contributed by atoms with E-state index in [-0.39, 0.29) is 18.2 Å². The average molecular weight is 373 g/mol. The number of hydrogen-bond donors (Lipinski definition) is 1. The molecule has 0 radical (unpaired) electrons. The lowest BCUT2D eigenvalue weighted by molar-refractivity contribution is -0.122. The molecule has 0 saturated carbocycles. The van der Waals surface area contributed by atoms with E-state index in [1.54, 1.807) is 17.0 Å². The summed E-state index contributed by atoms with van der Waals surface area (Å²) in [6.07, 6.45) is 0.173. The molecule has 1 fully saturated rings. The van der Waals surface area contributed by atoms with E-state index < -0.39 is 5.92 Å². The van der Waals surface area contributed by atoms with Gasteiger partial charge in [-0.15, -0.1) is 0 Å². The lowest BCUT2D eigenvalue weighted by atomic mass is 10.1. The first-order chi connectivity index (χ1) is 12.5. The third-order valence-corrected chi connectivity index (χ3v) is 4.64. The van der Waals surface area contributed by atoms with Crippen LogP contribution in [0.2, 0.25) is 5.02 Å². The summed E-state index contributed by atoms with van der Waals surface area (Å²) in [5.41, 5.74) is 2.29. The lowest BCUT2D eigenvalue weighted by Gasteiger charge is -2.20. The molecular formula is C20H21ClN2O3. The van der Waals surface area contributed by atoms with Crippen LogP contribution >= 0.6 is 11.6 Å². The van der Waals surface area contributed by atoms with Crippen LogP contribution in [0.25, 0.3) is 0 Å². The Morgan fingerprint density at radius 2 is 2.08 bits per heavy atom. The first-order valence-corrected chi connectivity index (χ1v) is 8.96. The number of nitrogens with zero attached hydrogens (tertiary/aromatic N) is 1. The van der Waals surface area contributed by atoms with Crippen molar-refractivity contribution >= 4 is 34.8 Å². The highest BCUT2D eigenvalue weighted by atomic mass is 35.5. The van der Waals surface area contributed by atoms with Crippen LogP contribution in [0.15, 0.2) is 42.5 Å². The zero-order valence-corrected chi connectivity index (χ0v) is 15.5. The van der Waals surface area contributed by atoms with E-state index in [0.29, 0.717) is 35.3 Å². The highest BCUT2D eigenvalue weighted by Gasteiger charge is 2.36. The fraction of sp³-hybridized carbons (Fsp3) is 0.300. The van der Waals surface area contributed by atoms with Crippen molar-refractivity contribution in [2.45, 2.75) is 20.3 Å². The fourth-order valence-corrected chi connectivity index (χ4v) is 3.21. The van der Waals surface area contributed by atoms with Gasteiger partial charge in [-0.25, -0.2) is 0 Å². The van der Waals surface area contributed by atoms with Gasteiger partial charge in [0.05, 0.1) is 18.2 Å². The number of halogens is 1. The predicted molar refractivity (Wildman–Crippen MR) is 103 cm³/mol. The van der Waals surface area contributed by atoms with Gasteiger partial charge in [-0.3, -0.25) is 9.59 Å². The molecule has 2 aromatic carbocycles. The van der Waals surface area contributed by atoms with Gasteiger partial charge in [0.15, 0.2) is 0 Å². The first kappa shape index (κ1) is 18.3. The number of rotatable bonds is 5. The summed E-state index contributed by atoms with van der Waals surface area (Å²) >= 11 is 6.01. The minimum atomic E-state index is -0.421. The molecule has 1 heterocycles. The molecule has 6 heteroatoms. The second kappa shape index (κ2) is 7.79. The van der Waals surface area contributed by atoms with E-state index in [9.17, 15) is 9.59 Å². The molecule has 1 saturated heterocycles. The normalized spacial score (nSPS) is 16.7. The molecule has 1 N–H and O–H groups in total. The molecule has 3 rings (SSSR count). The van der Waals surface area contributed by atoms with Crippen LogP contribution in [0.1, 0.15) is 18.9 Å². The molecule has 1 atom stereocenters. The van der Waals surface area contributed by atoms with E-state index in [2.05, 4.69) is 5.32 Å². The van der Waals surface area contributed by atoms with Gasteiger partial charge in [0.2, 0.25) is 11.8 Å². The summed E-state index contributed by atoms with van der Waals surface area (Å²) in [6, 6.07) is 12.7. The van der Waals surface area contributed by atoms with Gasteiger partial charge in [0, 0.05) is 23.7 Å². The van der Waals surface area contributed by atoms with Gasteiger partial charge >= 0.3 is 0 Å². The van der Waals surface area contributed by atoms with Crippen molar-refractivity contribution in [2.24, 2.45) is 5.92 Å². The van der Waals surface area contributed by atoms with E-state index in [1.165, 1.54) is 0 Å². The van der Waals surface area contributed by atoms with Crippen LogP contribution < -0.4 is 15.0 Å². The largest absolute Gasteiger partial charge is 0.492 e. The van der Waals surface area contributed by atoms with E-state index in [0.717, 1.165) is 5.56 Å². The number of anilines is 2. The average Bonchev–Trinajstić information content (AvgIpc) is 3.01. The van der Waals surface area contributed by atoms with Crippen molar-refractivity contribution in [1.82, 2.24) is 0 Å². The minimum Gasteiger partial charge on any atom is -0.492 e. The second-order valence-electron chi connectivity index (χ2n) is 6.25. The molecule has 0 aromatic heterocycles. The van der Waals surface area contributed by atoms with Crippen LogP contribution in [0, 0.1) is 12.8 Å². The van der Waals surface area contributed by atoms with Crippen molar-refractivity contribution in [1.29, 1.82) is 0 Å². The first-order valence-electron chi connectivity index (χ1n) is 8.58. The number of hydrogen-bond acceptors (Lipinski definition) is 3. The Kier molecular flexibility index (Phi) is 5.47. The van der Waals surface area contributed by atoms with Crippen molar-refractivity contribution < 1.29 is 14.3 Å². The van der Waals surface area contributed by atoms with Crippen molar-refractivity contribution in [3.63, 3.8) is 0 Å². The number of aryl methyl sites for hydroxylation is 1. The molecule has 0 spiro atoms. The predicted octanol–water partition coefficient (Wildman–Crippen LogP) is 4.04. The summed E-state index contributed by atoms with van der Waals surface area (Å²) < 4.78 is 5.61. The minimum absolute atomic E-state index is 0.0832. The third-order valence-electron chi connectivity index (χ3n) is 4.41. The number of para-hydroxylation sites is 2. The quantitative estimate of drug-likeness (QED) is 0.861. The van der Waals surface area contributed by atoms with Crippen molar-refractivity contribution in [3.05, 3.63) is 53.1 Å².